The highest BCUT2D eigenvalue weighted by atomic mass is 32.2. The molecule has 4 heterocycles. The Labute approximate surface area is 191 Å². The van der Waals surface area contributed by atoms with Gasteiger partial charge in [-0.05, 0) is 31.2 Å². The number of rotatable bonds is 3. The zero-order valence-corrected chi connectivity index (χ0v) is 19.0. The number of nitrogens with zero attached hydrogens (tertiary/aromatic N) is 5. The van der Waals surface area contributed by atoms with E-state index in [0.29, 0.717) is 50.9 Å². The summed E-state index contributed by atoms with van der Waals surface area (Å²) in [4.78, 5) is 7.24. The van der Waals surface area contributed by atoms with Gasteiger partial charge in [-0.2, -0.15) is 9.40 Å². The molecule has 2 aromatic heterocycles. The van der Waals surface area contributed by atoms with E-state index < -0.39 is 10.0 Å². The Kier molecular flexibility index (Phi) is 4.66. The van der Waals surface area contributed by atoms with E-state index in [-0.39, 0.29) is 4.90 Å². The molecule has 0 aliphatic carbocycles. The molecule has 9 nitrogen and oxygen atoms in total. The van der Waals surface area contributed by atoms with Crippen LogP contribution in [0.3, 0.4) is 0 Å². The van der Waals surface area contributed by atoms with Gasteiger partial charge in [0, 0.05) is 43.7 Å². The largest absolute Gasteiger partial charge is 0.486 e. The number of fused-ring (bicyclic) bond motifs is 4. The van der Waals surface area contributed by atoms with E-state index in [0.717, 1.165) is 28.1 Å². The summed E-state index contributed by atoms with van der Waals surface area (Å²) in [5.41, 5.74) is 2.67. The molecule has 0 unspecified atom stereocenters. The maximum Gasteiger partial charge on any atom is 0.243 e. The molecule has 33 heavy (non-hydrogen) atoms. The van der Waals surface area contributed by atoms with Gasteiger partial charge in [0.1, 0.15) is 19.0 Å². The normalized spacial score (nSPS) is 17.1. The Bertz CT molecular complexity index is 1480. The standard InChI is InChI=1S/C23H23N5O4S/c1-16-14-22-24-23(18-4-2-3-5-19(18)28(22)25-16)26-8-10-27(11-9-26)33(29,30)17-6-7-20-21(15-17)32-13-12-31-20/h2-7,14-15H,8-13H2,1H3. The third-order valence-electron chi connectivity index (χ3n) is 6.10. The SMILES string of the molecule is Cc1cc2nc(N3CCN(S(=O)(=O)c4ccc5c(c4)OCCO5)CC3)c3ccccc3n2n1. The summed E-state index contributed by atoms with van der Waals surface area (Å²) >= 11 is 0. The minimum atomic E-state index is -3.64. The second-order valence-electron chi connectivity index (χ2n) is 8.20. The smallest absolute Gasteiger partial charge is 0.243 e. The monoisotopic (exact) mass is 465 g/mol. The fourth-order valence-electron chi connectivity index (χ4n) is 4.47. The lowest BCUT2D eigenvalue weighted by molar-refractivity contribution is 0.171. The lowest BCUT2D eigenvalue weighted by atomic mass is 10.2. The van der Waals surface area contributed by atoms with E-state index in [4.69, 9.17) is 14.5 Å². The number of benzene rings is 2. The zero-order valence-electron chi connectivity index (χ0n) is 18.1. The Morgan fingerprint density at radius 1 is 0.909 bits per heavy atom. The number of ether oxygens (including phenoxy) is 2. The quantitative estimate of drug-likeness (QED) is 0.459. The van der Waals surface area contributed by atoms with Crippen molar-refractivity contribution in [3.8, 4) is 11.5 Å². The van der Waals surface area contributed by atoms with Gasteiger partial charge in [0.25, 0.3) is 0 Å². The molecular weight excluding hydrogens is 442 g/mol. The van der Waals surface area contributed by atoms with E-state index in [1.807, 2.05) is 41.8 Å². The molecule has 6 rings (SSSR count). The molecule has 2 aliphatic heterocycles. The van der Waals surface area contributed by atoms with E-state index in [2.05, 4.69) is 10.00 Å². The van der Waals surface area contributed by atoms with Crippen molar-refractivity contribution >= 4 is 32.4 Å². The van der Waals surface area contributed by atoms with Crippen LogP contribution < -0.4 is 14.4 Å². The second-order valence-corrected chi connectivity index (χ2v) is 10.1. The number of hydrogen-bond acceptors (Lipinski definition) is 7. The summed E-state index contributed by atoms with van der Waals surface area (Å²) < 4.78 is 41.0. The lowest BCUT2D eigenvalue weighted by Crippen LogP contribution is -2.49. The minimum Gasteiger partial charge on any atom is -0.486 e. The van der Waals surface area contributed by atoms with Crippen LogP contribution in [0.5, 0.6) is 11.5 Å². The zero-order chi connectivity index (χ0) is 22.6. The van der Waals surface area contributed by atoms with Crippen molar-refractivity contribution in [1.29, 1.82) is 0 Å². The molecule has 10 heteroatoms. The molecule has 0 atom stereocenters. The third kappa shape index (κ3) is 3.37. The lowest BCUT2D eigenvalue weighted by Gasteiger charge is -2.35. The van der Waals surface area contributed by atoms with Crippen LogP contribution in [0.1, 0.15) is 5.69 Å². The van der Waals surface area contributed by atoms with Crippen molar-refractivity contribution in [1.82, 2.24) is 18.9 Å². The molecule has 0 amide bonds. The Hall–Kier alpha value is -3.37. The molecule has 1 fully saturated rings. The van der Waals surface area contributed by atoms with Crippen molar-refractivity contribution in [2.24, 2.45) is 0 Å². The fourth-order valence-corrected chi connectivity index (χ4v) is 5.91. The highest BCUT2D eigenvalue weighted by Crippen LogP contribution is 2.34. The van der Waals surface area contributed by atoms with Crippen molar-refractivity contribution in [3.63, 3.8) is 0 Å². The molecule has 4 aromatic rings. The van der Waals surface area contributed by atoms with Crippen molar-refractivity contribution in [2.45, 2.75) is 11.8 Å². The summed E-state index contributed by atoms with van der Waals surface area (Å²) in [6.07, 6.45) is 0. The van der Waals surface area contributed by atoms with Gasteiger partial charge in [0.2, 0.25) is 10.0 Å². The minimum absolute atomic E-state index is 0.222. The first-order valence-corrected chi connectivity index (χ1v) is 12.3. The van der Waals surface area contributed by atoms with Gasteiger partial charge in [-0.25, -0.2) is 17.9 Å². The van der Waals surface area contributed by atoms with Gasteiger partial charge in [-0.15, -0.1) is 0 Å². The summed E-state index contributed by atoms with van der Waals surface area (Å²) in [6, 6.07) is 14.8. The molecule has 0 bridgehead atoms. The van der Waals surface area contributed by atoms with Crippen LogP contribution in [0.25, 0.3) is 16.6 Å². The van der Waals surface area contributed by atoms with Gasteiger partial charge >= 0.3 is 0 Å². The number of hydrogen-bond donors (Lipinski definition) is 0. The van der Waals surface area contributed by atoms with Crippen molar-refractivity contribution < 1.29 is 17.9 Å². The summed E-state index contributed by atoms with van der Waals surface area (Å²) in [5.74, 6) is 1.91. The third-order valence-corrected chi connectivity index (χ3v) is 7.99. The van der Waals surface area contributed by atoms with Crippen LogP contribution in [-0.4, -0.2) is 66.7 Å². The number of anilines is 1. The van der Waals surface area contributed by atoms with E-state index in [9.17, 15) is 8.42 Å². The number of aromatic nitrogens is 3. The van der Waals surface area contributed by atoms with Crippen molar-refractivity contribution in [3.05, 3.63) is 54.2 Å². The first kappa shape index (κ1) is 20.3. The van der Waals surface area contributed by atoms with E-state index >= 15 is 0 Å². The van der Waals surface area contributed by atoms with Crippen LogP contribution in [0.2, 0.25) is 0 Å². The molecular formula is C23H23N5O4S. The second kappa shape index (κ2) is 7.60. The van der Waals surface area contributed by atoms with Crippen LogP contribution in [0.15, 0.2) is 53.4 Å². The Balaban J connectivity index is 1.28. The number of para-hydroxylation sites is 1. The molecule has 0 spiro atoms. The van der Waals surface area contributed by atoms with E-state index in [1.54, 1.807) is 18.2 Å². The fraction of sp³-hybridized carbons (Fsp3) is 0.304. The highest BCUT2D eigenvalue weighted by Gasteiger charge is 2.31. The first-order chi connectivity index (χ1) is 16.0. The summed E-state index contributed by atoms with van der Waals surface area (Å²) in [7, 11) is -3.64. The predicted molar refractivity (Wildman–Crippen MR) is 124 cm³/mol. The average molecular weight is 466 g/mol. The first-order valence-electron chi connectivity index (χ1n) is 10.9. The number of sulfonamides is 1. The molecule has 0 radical (unpaired) electrons. The van der Waals surface area contributed by atoms with E-state index in [1.165, 1.54) is 4.31 Å². The Morgan fingerprint density at radius 2 is 1.67 bits per heavy atom. The van der Waals surface area contributed by atoms with Crippen LogP contribution in [0.4, 0.5) is 5.82 Å². The predicted octanol–water partition coefficient (Wildman–Crippen LogP) is 2.47. The molecule has 170 valence electrons. The maximum atomic E-state index is 13.3. The van der Waals surface area contributed by atoms with Gasteiger partial charge in [0.15, 0.2) is 17.1 Å². The molecule has 2 aromatic carbocycles. The highest BCUT2D eigenvalue weighted by molar-refractivity contribution is 7.89. The summed E-state index contributed by atoms with van der Waals surface area (Å²) in [5, 5.41) is 5.56. The number of piperazine rings is 1. The van der Waals surface area contributed by atoms with Crippen LogP contribution in [-0.2, 0) is 10.0 Å². The van der Waals surface area contributed by atoms with Gasteiger partial charge in [-0.3, -0.25) is 0 Å². The summed E-state index contributed by atoms with van der Waals surface area (Å²) in [6.45, 7) is 4.66. The molecule has 1 saturated heterocycles. The molecule has 2 aliphatic rings. The maximum absolute atomic E-state index is 13.3. The van der Waals surface area contributed by atoms with Gasteiger partial charge in [-0.1, -0.05) is 12.1 Å². The van der Waals surface area contributed by atoms with Gasteiger partial charge < -0.3 is 14.4 Å². The van der Waals surface area contributed by atoms with Crippen LogP contribution in [0, 0.1) is 6.92 Å². The molecule has 0 N–H and O–H groups in total. The van der Waals surface area contributed by atoms with Gasteiger partial charge in [0.05, 0.1) is 16.1 Å². The topological polar surface area (TPSA) is 89.3 Å². The number of aryl methyl sites for hydroxylation is 1. The van der Waals surface area contributed by atoms with Crippen LogP contribution >= 0.6 is 0 Å². The Morgan fingerprint density at radius 3 is 2.48 bits per heavy atom. The molecule has 0 saturated carbocycles. The average Bonchev–Trinajstić information content (AvgIpc) is 3.24. The van der Waals surface area contributed by atoms with Crippen molar-refractivity contribution in [2.75, 3.05) is 44.3 Å².